The highest BCUT2D eigenvalue weighted by molar-refractivity contribution is 7.24. The Labute approximate surface area is 217 Å². The van der Waals surface area contributed by atoms with E-state index in [1.54, 1.807) is 18.2 Å². The largest absolute Gasteiger partial charge is 0.326 e. The van der Waals surface area contributed by atoms with Gasteiger partial charge in [0.1, 0.15) is 10.0 Å². The van der Waals surface area contributed by atoms with Gasteiger partial charge in [-0.15, -0.1) is 11.3 Å². The molecule has 0 spiro atoms. The molecule has 14 heteroatoms. The van der Waals surface area contributed by atoms with Crippen LogP contribution < -0.4 is 16.1 Å². The number of carbonyl (C=O) groups is 2. The summed E-state index contributed by atoms with van der Waals surface area (Å²) in [5, 5.41) is 28.0. The lowest BCUT2D eigenvalue weighted by atomic mass is 10.1. The Kier molecular flexibility index (Phi) is 6.20. The van der Waals surface area contributed by atoms with Gasteiger partial charge in [-0.25, -0.2) is 0 Å². The first-order chi connectivity index (χ1) is 17.7. The van der Waals surface area contributed by atoms with Crippen molar-refractivity contribution in [2.75, 3.05) is 10.6 Å². The Morgan fingerprint density at radius 3 is 1.73 bits per heavy atom. The van der Waals surface area contributed by atoms with Crippen molar-refractivity contribution in [1.82, 2.24) is 0 Å². The Balaban J connectivity index is 1.42. The average Bonchev–Trinajstić information content (AvgIpc) is 3.54. The van der Waals surface area contributed by atoms with Gasteiger partial charge < -0.3 is 10.6 Å². The second kappa shape index (κ2) is 9.50. The predicted molar refractivity (Wildman–Crippen MR) is 143 cm³/mol. The van der Waals surface area contributed by atoms with Crippen LogP contribution in [0.3, 0.4) is 0 Å². The van der Waals surface area contributed by atoms with Crippen LogP contribution in [-0.2, 0) is 0 Å². The Morgan fingerprint density at radius 2 is 1.19 bits per heavy atom. The van der Waals surface area contributed by atoms with E-state index in [1.165, 1.54) is 53.8 Å². The molecule has 3 heterocycles. The molecule has 0 radical (unpaired) electrons. The van der Waals surface area contributed by atoms with Crippen LogP contribution in [0.25, 0.3) is 20.2 Å². The molecule has 37 heavy (non-hydrogen) atoms. The zero-order valence-corrected chi connectivity index (χ0v) is 20.7. The van der Waals surface area contributed by atoms with Gasteiger partial charge in [-0.2, -0.15) is 0 Å². The number of carbonyl (C=O) groups excluding carboxylic acids is 2. The number of amides is 2. The first kappa shape index (κ1) is 24.2. The zero-order chi connectivity index (χ0) is 26.3. The monoisotopic (exact) mass is 552 g/mol. The minimum atomic E-state index is -0.546. The zero-order valence-electron chi connectivity index (χ0n) is 18.3. The summed E-state index contributed by atoms with van der Waals surface area (Å²) in [5.74, 6) is -0.983. The lowest BCUT2D eigenvalue weighted by Gasteiger charge is -2.07. The number of hydrogen-bond donors (Lipinski definition) is 2. The molecule has 0 saturated heterocycles. The number of rotatable bonds is 6. The SMILES string of the molecule is O=C(Nc1ccc([N+](=O)[O-])s1)c1ccc2c(=O)c3cc(C(=O)Nc4ccc([N+](=O)[O-])s4)ccc3sc2c1. The molecule has 2 N–H and O–H groups in total. The number of hydrogen-bond acceptors (Lipinski definition) is 10. The molecule has 0 saturated carbocycles. The molecule has 11 nitrogen and oxygen atoms in total. The van der Waals surface area contributed by atoms with Gasteiger partial charge in [-0.3, -0.25) is 34.6 Å². The summed E-state index contributed by atoms with van der Waals surface area (Å²) in [5.41, 5.74) is 0.179. The number of nitro groups is 2. The lowest BCUT2D eigenvalue weighted by Crippen LogP contribution is -2.12. The topological polar surface area (TPSA) is 162 Å². The molecule has 5 rings (SSSR count). The van der Waals surface area contributed by atoms with E-state index < -0.39 is 21.7 Å². The normalized spacial score (nSPS) is 10.9. The van der Waals surface area contributed by atoms with Crippen LogP contribution in [0.4, 0.5) is 20.0 Å². The molecule has 2 aromatic carbocycles. The van der Waals surface area contributed by atoms with Crippen molar-refractivity contribution in [3.05, 3.63) is 102 Å². The number of anilines is 2. The van der Waals surface area contributed by atoms with Crippen LogP contribution in [0.1, 0.15) is 20.7 Å². The summed E-state index contributed by atoms with van der Waals surface area (Å²) in [6.45, 7) is 0. The predicted octanol–water partition coefficient (Wildman–Crippen LogP) is 5.86. The molecule has 0 aliphatic carbocycles. The van der Waals surface area contributed by atoms with E-state index in [9.17, 15) is 34.6 Å². The minimum absolute atomic E-state index is 0.0942. The summed E-state index contributed by atoms with van der Waals surface area (Å²) >= 11 is 2.94. The maximum Gasteiger partial charge on any atom is 0.326 e. The molecule has 184 valence electrons. The third-order valence-electron chi connectivity index (χ3n) is 5.21. The maximum absolute atomic E-state index is 13.2. The van der Waals surface area contributed by atoms with Crippen molar-refractivity contribution in [2.45, 2.75) is 0 Å². The molecule has 2 amide bonds. The molecule has 0 bridgehead atoms. The van der Waals surface area contributed by atoms with E-state index >= 15 is 0 Å². The Bertz CT molecular complexity index is 1820. The van der Waals surface area contributed by atoms with E-state index in [0.717, 1.165) is 22.7 Å². The van der Waals surface area contributed by atoms with Crippen LogP contribution in [0.2, 0.25) is 0 Å². The van der Waals surface area contributed by atoms with Crippen LogP contribution in [0.15, 0.2) is 65.5 Å². The number of nitrogens with zero attached hydrogens (tertiary/aromatic N) is 2. The second-order valence-electron chi connectivity index (χ2n) is 7.55. The number of fused-ring (bicyclic) bond motifs is 2. The Hall–Kier alpha value is -4.53. The minimum Gasteiger partial charge on any atom is -0.313 e. The maximum atomic E-state index is 13.2. The molecule has 5 aromatic rings. The summed E-state index contributed by atoms with van der Waals surface area (Å²) in [6, 6.07) is 14.7. The van der Waals surface area contributed by atoms with Crippen molar-refractivity contribution < 1.29 is 19.4 Å². The molecule has 0 atom stereocenters. The number of benzene rings is 2. The van der Waals surface area contributed by atoms with Crippen molar-refractivity contribution in [3.8, 4) is 0 Å². The first-order valence-electron chi connectivity index (χ1n) is 10.3. The highest BCUT2D eigenvalue weighted by Gasteiger charge is 2.17. The van der Waals surface area contributed by atoms with Gasteiger partial charge in [0.05, 0.1) is 9.85 Å². The molecule has 0 aliphatic rings. The standard InChI is InChI=1S/C23H12N4O7S3/c28-21-13-3-1-12(23(30)25-18-6-8-20(37-18)27(33)34)10-16(13)35-15-4-2-11(9-14(15)21)22(29)24-17-5-7-19(36-17)26(31)32/h1-10H,(H,24,29)(H,25,30). The Morgan fingerprint density at radius 1 is 0.649 bits per heavy atom. The van der Waals surface area contributed by atoms with Gasteiger partial charge in [0.15, 0.2) is 5.43 Å². The highest BCUT2D eigenvalue weighted by Crippen LogP contribution is 2.31. The highest BCUT2D eigenvalue weighted by atomic mass is 32.1. The van der Waals surface area contributed by atoms with E-state index in [4.69, 9.17) is 0 Å². The lowest BCUT2D eigenvalue weighted by molar-refractivity contribution is -0.380. The smallest absolute Gasteiger partial charge is 0.313 e. The van der Waals surface area contributed by atoms with E-state index in [0.29, 0.717) is 30.2 Å². The van der Waals surface area contributed by atoms with E-state index in [1.807, 2.05) is 0 Å². The van der Waals surface area contributed by atoms with Gasteiger partial charge in [0.2, 0.25) is 0 Å². The van der Waals surface area contributed by atoms with Crippen LogP contribution in [0.5, 0.6) is 0 Å². The van der Waals surface area contributed by atoms with E-state index in [-0.39, 0.29) is 26.6 Å². The summed E-state index contributed by atoms with van der Waals surface area (Å²) in [7, 11) is 0. The fourth-order valence-electron chi connectivity index (χ4n) is 3.49. The summed E-state index contributed by atoms with van der Waals surface area (Å²) < 4.78 is 1.16. The average molecular weight is 553 g/mol. The quantitative estimate of drug-likeness (QED) is 0.151. The number of nitrogens with one attached hydrogen (secondary N) is 2. The van der Waals surface area contributed by atoms with Crippen LogP contribution >= 0.6 is 34.0 Å². The van der Waals surface area contributed by atoms with Crippen molar-refractivity contribution in [2.24, 2.45) is 0 Å². The third kappa shape index (κ3) is 4.80. The molecular weight excluding hydrogens is 540 g/mol. The molecule has 3 aromatic heterocycles. The van der Waals surface area contributed by atoms with Crippen LogP contribution in [-0.4, -0.2) is 21.7 Å². The summed E-state index contributed by atoms with van der Waals surface area (Å²) in [6.07, 6.45) is 0. The third-order valence-corrected chi connectivity index (χ3v) is 8.25. The van der Waals surface area contributed by atoms with Crippen molar-refractivity contribution >= 4 is 86.0 Å². The van der Waals surface area contributed by atoms with Crippen molar-refractivity contribution in [3.63, 3.8) is 0 Å². The first-order valence-corrected chi connectivity index (χ1v) is 12.8. The number of thiophene rings is 2. The molecule has 0 aliphatic heterocycles. The van der Waals surface area contributed by atoms with Gasteiger partial charge in [0, 0.05) is 43.4 Å². The molecule has 0 unspecified atom stereocenters. The van der Waals surface area contributed by atoms with Gasteiger partial charge >= 0.3 is 10.0 Å². The van der Waals surface area contributed by atoms with Crippen LogP contribution in [0, 0.1) is 20.2 Å². The fourth-order valence-corrected chi connectivity index (χ4v) is 6.01. The molecule has 0 fully saturated rings. The second-order valence-corrected chi connectivity index (χ2v) is 10.8. The summed E-state index contributed by atoms with van der Waals surface area (Å²) in [4.78, 5) is 59.1. The van der Waals surface area contributed by atoms with Gasteiger partial charge in [-0.1, -0.05) is 0 Å². The van der Waals surface area contributed by atoms with Crippen molar-refractivity contribution in [1.29, 1.82) is 0 Å². The van der Waals surface area contributed by atoms with Gasteiger partial charge in [0.25, 0.3) is 11.8 Å². The van der Waals surface area contributed by atoms with E-state index in [2.05, 4.69) is 10.6 Å². The molecular formula is C23H12N4O7S3. The fraction of sp³-hybridized carbons (Fsp3) is 0. The van der Waals surface area contributed by atoms with Gasteiger partial charge in [-0.05, 0) is 71.2 Å².